The van der Waals surface area contributed by atoms with Crippen LogP contribution < -0.4 is 0 Å². The van der Waals surface area contributed by atoms with Crippen LogP contribution in [0.2, 0.25) is 0 Å². The summed E-state index contributed by atoms with van der Waals surface area (Å²) in [5, 5.41) is 2.21. The molecule has 5 aromatic carbocycles. The van der Waals surface area contributed by atoms with Gasteiger partial charge in [0.25, 0.3) is 0 Å². The Labute approximate surface area is 289 Å². The van der Waals surface area contributed by atoms with E-state index in [9.17, 15) is 0 Å². The summed E-state index contributed by atoms with van der Waals surface area (Å²) >= 11 is 0. The smallest absolute Gasteiger partial charge is 0.120 e. The van der Waals surface area contributed by atoms with Crippen LogP contribution in [-0.2, 0) is 20.1 Å². The van der Waals surface area contributed by atoms with Crippen LogP contribution in [0.25, 0.3) is 55.6 Å². The van der Waals surface area contributed by atoms with Gasteiger partial charge in [0, 0.05) is 43.8 Å². The van der Waals surface area contributed by atoms with E-state index in [1.165, 1.54) is 22.3 Å². The monoisotopic (exact) mass is 785 g/mol. The third-order valence-electron chi connectivity index (χ3n) is 8.35. The molecule has 8 aromatic rings. The second-order valence-corrected chi connectivity index (χ2v) is 11.3. The molecule has 0 amide bonds. The van der Waals surface area contributed by atoms with Crippen molar-refractivity contribution >= 4 is 21.9 Å². The van der Waals surface area contributed by atoms with Crippen molar-refractivity contribution in [2.45, 2.75) is 19.8 Å². The summed E-state index contributed by atoms with van der Waals surface area (Å²) in [7, 11) is 0. The molecular formula is C43H32IrN2O-2. The van der Waals surface area contributed by atoms with Gasteiger partial charge < -0.3 is 14.4 Å². The molecule has 3 nitrogen and oxygen atoms in total. The molecule has 0 spiro atoms. The standard InChI is InChI=1S/C24H16NO.C19H16N.Ir/c1-16-15-25-22(14-21(16)17-8-3-2-4-9-17)20-12-7-11-19-18-10-5-6-13-23(18)26-24(19)20;1-15(16-8-4-2-5-9-16)18-12-13-20-19(14-18)17-10-6-3-7-11-17;/h2-11,13-15H,1H3;2-10,12-15H,1H3;/q2*-1;. The summed E-state index contributed by atoms with van der Waals surface area (Å²) < 4.78 is 6.14. The van der Waals surface area contributed by atoms with Crippen LogP contribution in [-0.4, -0.2) is 9.97 Å². The Balaban J connectivity index is 0.000000167. The molecule has 1 unspecified atom stereocenters. The van der Waals surface area contributed by atoms with Gasteiger partial charge in [0.05, 0.1) is 5.58 Å². The van der Waals surface area contributed by atoms with Crippen LogP contribution in [0.1, 0.15) is 29.5 Å². The number of rotatable bonds is 5. The second kappa shape index (κ2) is 14.5. The van der Waals surface area contributed by atoms with Gasteiger partial charge in [-0.2, -0.15) is 0 Å². The first-order valence-electron chi connectivity index (χ1n) is 15.5. The Bertz CT molecular complexity index is 2230. The number of aryl methyl sites for hydroxylation is 1. The van der Waals surface area contributed by atoms with Crippen LogP contribution in [0, 0.1) is 19.1 Å². The summed E-state index contributed by atoms with van der Waals surface area (Å²) in [6.07, 6.45) is 3.80. The zero-order valence-corrected chi connectivity index (χ0v) is 28.5. The number of fused-ring (bicyclic) bond motifs is 3. The largest absolute Gasteiger partial charge is 0.501 e. The summed E-state index contributed by atoms with van der Waals surface area (Å²) in [5.74, 6) is 0.363. The Morgan fingerprint density at radius 2 is 1.38 bits per heavy atom. The molecule has 0 N–H and O–H groups in total. The molecule has 0 fully saturated rings. The van der Waals surface area contributed by atoms with Crippen molar-refractivity contribution in [3.63, 3.8) is 0 Å². The summed E-state index contributed by atoms with van der Waals surface area (Å²) in [6, 6.07) is 53.9. The van der Waals surface area contributed by atoms with Crippen LogP contribution >= 0.6 is 0 Å². The van der Waals surface area contributed by atoms with Crippen molar-refractivity contribution < 1.29 is 24.5 Å². The number of para-hydroxylation sites is 1. The fraction of sp³-hybridized carbons (Fsp3) is 0.0698. The maximum Gasteiger partial charge on any atom is 0.120 e. The number of hydrogen-bond acceptors (Lipinski definition) is 3. The first-order valence-corrected chi connectivity index (χ1v) is 15.5. The molecule has 231 valence electrons. The minimum atomic E-state index is 0. The molecule has 4 heteroatoms. The van der Waals surface area contributed by atoms with E-state index in [2.05, 4.69) is 115 Å². The average Bonchev–Trinajstić information content (AvgIpc) is 3.52. The van der Waals surface area contributed by atoms with E-state index in [-0.39, 0.29) is 20.1 Å². The van der Waals surface area contributed by atoms with Gasteiger partial charge in [-0.05, 0) is 58.3 Å². The molecule has 47 heavy (non-hydrogen) atoms. The fourth-order valence-corrected chi connectivity index (χ4v) is 5.82. The molecule has 0 aliphatic heterocycles. The number of aromatic nitrogens is 2. The Kier molecular flexibility index (Phi) is 9.83. The Morgan fingerprint density at radius 1 is 0.638 bits per heavy atom. The van der Waals surface area contributed by atoms with Crippen molar-refractivity contribution in [2.24, 2.45) is 0 Å². The van der Waals surface area contributed by atoms with E-state index in [0.717, 1.165) is 50.0 Å². The second-order valence-electron chi connectivity index (χ2n) is 11.3. The molecule has 0 bridgehead atoms. The minimum Gasteiger partial charge on any atom is -0.501 e. The molecule has 0 saturated carbocycles. The number of nitrogens with zero attached hydrogens (tertiary/aromatic N) is 2. The minimum absolute atomic E-state index is 0. The third-order valence-corrected chi connectivity index (χ3v) is 8.35. The number of benzene rings is 5. The average molecular weight is 785 g/mol. The Hall–Kier alpha value is -5.15. The van der Waals surface area contributed by atoms with E-state index in [0.29, 0.717) is 5.92 Å². The van der Waals surface area contributed by atoms with Crippen molar-refractivity contribution in [1.29, 1.82) is 0 Å². The topological polar surface area (TPSA) is 38.9 Å². The third kappa shape index (κ3) is 6.85. The van der Waals surface area contributed by atoms with Crippen molar-refractivity contribution in [3.05, 3.63) is 181 Å². The van der Waals surface area contributed by atoms with Crippen molar-refractivity contribution in [3.8, 4) is 33.6 Å². The zero-order chi connectivity index (χ0) is 31.3. The van der Waals surface area contributed by atoms with Gasteiger partial charge in [-0.3, -0.25) is 0 Å². The van der Waals surface area contributed by atoms with Crippen molar-refractivity contribution in [2.75, 3.05) is 0 Å². The van der Waals surface area contributed by atoms with E-state index in [4.69, 9.17) is 4.42 Å². The van der Waals surface area contributed by atoms with Crippen molar-refractivity contribution in [1.82, 2.24) is 9.97 Å². The summed E-state index contributed by atoms with van der Waals surface area (Å²) in [4.78, 5) is 9.12. The fourth-order valence-electron chi connectivity index (χ4n) is 5.82. The van der Waals surface area contributed by atoms with E-state index in [1.54, 1.807) is 0 Å². The first-order chi connectivity index (χ1) is 22.7. The first kappa shape index (κ1) is 31.8. The van der Waals surface area contributed by atoms with Crippen LogP contribution in [0.3, 0.4) is 0 Å². The SMILES string of the molecule is CC(c1ccccc1)c1ccnc(-c2[c-]cccc2)c1.Cc1cnc(-c2[c-]ccc3c2oc2ccccc23)cc1-c1ccccc1.[Ir]. The zero-order valence-electron chi connectivity index (χ0n) is 26.1. The molecule has 8 rings (SSSR count). The predicted octanol–water partition coefficient (Wildman–Crippen LogP) is 11.1. The molecule has 1 radical (unpaired) electrons. The van der Waals surface area contributed by atoms with Gasteiger partial charge in [0.15, 0.2) is 0 Å². The van der Waals surface area contributed by atoms with E-state index >= 15 is 0 Å². The predicted molar refractivity (Wildman–Crippen MR) is 188 cm³/mol. The normalized spacial score (nSPS) is 11.4. The van der Waals surface area contributed by atoms with Gasteiger partial charge in [-0.15, -0.1) is 54.1 Å². The number of hydrogen-bond donors (Lipinski definition) is 0. The molecule has 0 aliphatic carbocycles. The quantitative estimate of drug-likeness (QED) is 0.163. The number of pyridine rings is 2. The van der Waals surface area contributed by atoms with Gasteiger partial charge in [-0.25, -0.2) is 0 Å². The van der Waals surface area contributed by atoms with Crippen LogP contribution in [0.5, 0.6) is 0 Å². The van der Waals surface area contributed by atoms with E-state index in [1.807, 2.05) is 73.1 Å². The molecular weight excluding hydrogens is 753 g/mol. The van der Waals surface area contributed by atoms with Gasteiger partial charge >= 0.3 is 0 Å². The summed E-state index contributed by atoms with van der Waals surface area (Å²) in [6.45, 7) is 4.31. The number of furan rings is 1. The molecule has 3 aromatic heterocycles. The molecule has 0 aliphatic rings. The molecule has 0 saturated heterocycles. The van der Waals surface area contributed by atoms with Crippen LogP contribution in [0.15, 0.2) is 156 Å². The summed E-state index contributed by atoms with van der Waals surface area (Å²) in [5.41, 5.74) is 11.6. The molecule has 3 heterocycles. The van der Waals surface area contributed by atoms with Crippen LogP contribution in [0.4, 0.5) is 0 Å². The van der Waals surface area contributed by atoms with Gasteiger partial charge in [-0.1, -0.05) is 109 Å². The van der Waals surface area contributed by atoms with Gasteiger partial charge in [0.1, 0.15) is 5.58 Å². The molecule has 1 atom stereocenters. The van der Waals surface area contributed by atoms with Gasteiger partial charge in [0.2, 0.25) is 0 Å². The maximum atomic E-state index is 6.14. The maximum absolute atomic E-state index is 6.14. The van der Waals surface area contributed by atoms with E-state index < -0.39 is 0 Å². The Morgan fingerprint density at radius 3 is 2.17 bits per heavy atom.